The van der Waals surface area contributed by atoms with Gasteiger partial charge in [-0.25, -0.2) is 8.42 Å². The highest BCUT2D eigenvalue weighted by Gasteiger charge is 2.18. The number of hydrogen-bond acceptors (Lipinski definition) is 4. The Morgan fingerprint density at radius 2 is 1.86 bits per heavy atom. The quantitative estimate of drug-likeness (QED) is 0.765. The van der Waals surface area contributed by atoms with E-state index >= 15 is 0 Å². The summed E-state index contributed by atoms with van der Waals surface area (Å²) in [6, 6.07) is 6.29. The Bertz CT molecular complexity index is 746. The van der Waals surface area contributed by atoms with Crippen molar-refractivity contribution >= 4 is 44.6 Å². The third-order valence-electron chi connectivity index (χ3n) is 3.17. The number of rotatable bonds is 4. The van der Waals surface area contributed by atoms with Crippen LogP contribution in [-0.4, -0.2) is 20.3 Å². The summed E-state index contributed by atoms with van der Waals surface area (Å²) >= 11 is 12.2. The van der Waals surface area contributed by atoms with E-state index in [0.29, 0.717) is 10.1 Å². The highest BCUT2D eigenvalue weighted by atomic mass is 35.5. The van der Waals surface area contributed by atoms with Crippen LogP contribution in [0.4, 0.5) is 0 Å². The van der Waals surface area contributed by atoms with E-state index in [1.165, 1.54) is 12.1 Å². The number of ether oxygens (including phenoxy) is 1. The van der Waals surface area contributed by atoms with E-state index in [9.17, 15) is 13.2 Å². The average molecular weight is 361 g/mol. The van der Waals surface area contributed by atoms with Crippen molar-refractivity contribution in [3.8, 4) is 0 Å². The molecule has 118 valence electrons. The highest BCUT2D eigenvalue weighted by molar-refractivity contribution is 7.91. The van der Waals surface area contributed by atoms with Gasteiger partial charge in [0.1, 0.15) is 0 Å². The van der Waals surface area contributed by atoms with Crippen LogP contribution in [0.15, 0.2) is 45.3 Å². The molecule has 0 aliphatic heterocycles. The molecule has 0 radical (unpaired) electrons. The van der Waals surface area contributed by atoms with Crippen molar-refractivity contribution in [1.29, 1.82) is 0 Å². The van der Waals surface area contributed by atoms with E-state index < -0.39 is 21.7 Å². The van der Waals surface area contributed by atoms with Crippen molar-refractivity contribution in [2.75, 3.05) is 5.94 Å². The van der Waals surface area contributed by atoms with E-state index in [2.05, 4.69) is 4.74 Å². The number of allylic oxidation sites excluding steroid dienone is 4. The number of hydrogen-bond donors (Lipinski definition) is 0. The second-order valence-electron chi connectivity index (χ2n) is 4.78. The van der Waals surface area contributed by atoms with Crippen molar-refractivity contribution in [1.82, 2.24) is 0 Å². The van der Waals surface area contributed by atoms with Gasteiger partial charge in [0.25, 0.3) is 0 Å². The normalized spacial score (nSPS) is 15.5. The van der Waals surface area contributed by atoms with E-state index in [1.807, 2.05) is 6.08 Å². The van der Waals surface area contributed by atoms with Crippen LogP contribution in [-0.2, 0) is 19.4 Å². The van der Waals surface area contributed by atoms with Gasteiger partial charge in [-0.15, -0.1) is 0 Å². The maximum absolute atomic E-state index is 12.0. The van der Waals surface area contributed by atoms with Crippen molar-refractivity contribution < 1.29 is 17.9 Å². The van der Waals surface area contributed by atoms with Gasteiger partial charge in [-0.05, 0) is 36.1 Å². The molecule has 0 amide bonds. The molecule has 0 fully saturated rings. The Morgan fingerprint density at radius 1 is 1.23 bits per heavy atom. The monoisotopic (exact) mass is 360 g/mol. The second kappa shape index (κ2) is 6.86. The van der Waals surface area contributed by atoms with Gasteiger partial charge >= 0.3 is 5.97 Å². The van der Waals surface area contributed by atoms with Gasteiger partial charge in [-0.1, -0.05) is 41.4 Å². The Morgan fingerprint density at radius 3 is 2.45 bits per heavy atom. The molecule has 0 saturated carbocycles. The van der Waals surface area contributed by atoms with Crippen molar-refractivity contribution in [3.05, 3.63) is 46.0 Å². The topological polar surface area (TPSA) is 60.4 Å². The molecule has 7 heteroatoms. The fourth-order valence-electron chi connectivity index (χ4n) is 2.05. The first-order chi connectivity index (χ1) is 10.3. The lowest BCUT2D eigenvalue weighted by Crippen LogP contribution is -2.12. The van der Waals surface area contributed by atoms with E-state index in [1.54, 1.807) is 12.1 Å². The molecule has 1 aliphatic rings. The minimum Gasteiger partial charge on any atom is -0.449 e. The highest BCUT2D eigenvalue weighted by Crippen LogP contribution is 2.36. The van der Waals surface area contributed by atoms with Crippen LogP contribution in [0.1, 0.15) is 25.3 Å². The summed E-state index contributed by atoms with van der Waals surface area (Å²) in [5.41, 5.74) is 1.71. The first kappa shape index (κ1) is 17.1. The molecule has 2 rings (SSSR count). The number of benzene rings is 1. The SMILES string of the molecule is CC(=O)OCS(=O)(=O)c1ccc(C2=C(Cl)C(Cl)=CCC2)cc1. The summed E-state index contributed by atoms with van der Waals surface area (Å²) in [6.07, 6.45) is 3.39. The number of carbonyl (C=O) groups excluding carboxylic acids is 1. The van der Waals surface area contributed by atoms with Crippen LogP contribution in [0, 0.1) is 0 Å². The molecule has 0 saturated heterocycles. The van der Waals surface area contributed by atoms with Gasteiger partial charge in [0, 0.05) is 6.92 Å². The second-order valence-corrected chi connectivity index (χ2v) is 7.50. The summed E-state index contributed by atoms with van der Waals surface area (Å²) in [7, 11) is -3.66. The first-order valence-corrected chi connectivity index (χ1v) is 8.93. The molecule has 1 aromatic carbocycles. The van der Waals surface area contributed by atoms with Crippen LogP contribution in [0.3, 0.4) is 0 Å². The number of esters is 1. The molecule has 0 N–H and O–H groups in total. The molecule has 0 spiro atoms. The van der Waals surface area contributed by atoms with Crippen LogP contribution in [0.5, 0.6) is 0 Å². The number of carbonyl (C=O) groups is 1. The summed E-state index contributed by atoms with van der Waals surface area (Å²) < 4.78 is 28.5. The molecule has 0 unspecified atom stereocenters. The lowest BCUT2D eigenvalue weighted by Gasteiger charge is -2.15. The van der Waals surface area contributed by atoms with Gasteiger partial charge in [-0.2, -0.15) is 0 Å². The largest absolute Gasteiger partial charge is 0.449 e. The van der Waals surface area contributed by atoms with Crippen LogP contribution in [0.2, 0.25) is 0 Å². The summed E-state index contributed by atoms with van der Waals surface area (Å²) in [5.74, 6) is -1.31. The Labute approximate surface area is 139 Å². The van der Waals surface area contributed by atoms with Crippen molar-refractivity contribution in [2.24, 2.45) is 0 Å². The molecule has 0 atom stereocenters. The fraction of sp³-hybridized carbons (Fsp3) is 0.267. The van der Waals surface area contributed by atoms with Gasteiger partial charge in [0.05, 0.1) is 15.0 Å². The third kappa shape index (κ3) is 3.91. The van der Waals surface area contributed by atoms with Crippen LogP contribution in [0.25, 0.3) is 5.57 Å². The average Bonchev–Trinajstić information content (AvgIpc) is 2.48. The lowest BCUT2D eigenvalue weighted by atomic mass is 9.97. The van der Waals surface area contributed by atoms with E-state index in [-0.39, 0.29) is 4.90 Å². The minimum atomic E-state index is -3.66. The maximum Gasteiger partial charge on any atom is 0.303 e. The predicted molar refractivity (Wildman–Crippen MR) is 86.2 cm³/mol. The van der Waals surface area contributed by atoms with Gasteiger partial charge in [0.15, 0.2) is 5.94 Å². The Balaban J connectivity index is 2.26. The zero-order valence-corrected chi connectivity index (χ0v) is 14.1. The van der Waals surface area contributed by atoms with Crippen LogP contribution < -0.4 is 0 Å². The first-order valence-electron chi connectivity index (χ1n) is 6.52. The summed E-state index contributed by atoms with van der Waals surface area (Å²) in [5, 5.41) is 0.998. The van der Waals surface area contributed by atoms with E-state index in [0.717, 1.165) is 30.9 Å². The molecule has 0 heterocycles. The van der Waals surface area contributed by atoms with Gasteiger partial charge in [-0.3, -0.25) is 4.79 Å². The molecule has 22 heavy (non-hydrogen) atoms. The maximum atomic E-state index is 12.0. The number of halogens is 2. The molecular formula is C15H14Cl2O4S. The predicted octanol–water partition coefficient (Wildman–Crippen LogP) is 3.85. The molecule has 1 aliphatic carbocycles. The van der Waals surface area contributed by atoms with Crippen molar-refractivity contribution in [2.45, 2.75) is 24.7 Å². The smallest absolute Gasteiger partial charge is 0.303 e. The lowest BCUT2D eigenvalue weighted by molar-refractivity contribution is -0.138. The minimum absolute atomic E-state index is 0.0895. The van der Waals surface area contributed by atoms with Crippen LogP contribution >= 0.6 is 23.2 Å². The van der Waals surface area contributed by atoms with E-state index in [4.69, 9.17) is 23.2 Å². The number of sulfone groups is 1. The third-order valence-corrected chi connectivity index (χ3v) is 5.46. The standard InChI is InChI=1S/C15H14Cl2O4S/c1-10(18)21-9-22(19,20)12-7-5-11(6-8-12)13-3-2-4-14(16)15(13)17/h4-8H,2-3,9H2,1H3. The molecule has 0 aromatic heterocycles. The Kier molecular flexibility index (Phi) is 5.32. The zero-order chi connectivity index (χ0) is 16.3. The summed E-state index contributed by atoms with van der Waals surface area (Å²) in [6.45, 7) is 1.16. The molecule has 1 aromatic rings. The van der Waals surface area contributed by atoms with Gasteiger partial charge < -0.3 is 4.74 Å². The molecular weight excluding hydrogens is 347 g/mol. The zero-order valence-electron chi connectivity index (χ0n) is 11.8. The fourth-order valence-corrected chi connectivity index (χ4v) is 3.56. The Hall–Kier alpha value is -1.30. The van der Waals surface area contributed by atoms with Gasteiger partial charge in [0.2, 0.25) is 9.84 Å². The molecule has 4 nitrogen and oxygen atoms in total. The molecule has 0 bridgehead atoms. The summed E-state index contributed by atoms with van der Waals surface area (Å²) in [4.78, 5) is 10.8. The van der Waals surface area contributed by atoms with Crippen molar-refractivity contribution in [3.63, 3.8) is 0 Å².